The SMILES string of the molecule is CCN(C)C1(CNS(=O)(=O)N2CCC(COC)CC2)CCCC1. The molecule has 1 N–H and O–H groups in total. The number of ether oxygens (including phenoxy) is 1. The van der Waals surface area contributed by atoms with Gasteiger partial charge in [-0.3, -0.25) is 4.90 Å². The normalized spacial score (nSPS) is 23.7. The smallest absolute Gasteiger partial charge is 0.279 e. The van der Waals surface area contributed by atoms with Crippen LogP contribution in [0.5, 0.6) is 0 Å². The van der Waals surface area contributed by atoms with Crippen molar-refractivity contribution in [3.63, 3.8) is 0 Å². The monoisotopic (exact) mass is 347 g/mol. The molecule has 0 radical (unpaired) electrons. The van der Waals surface area contributed by atoms with E-state index in [0.29, 0.717) is 25.6 Å². The van der Waals surface area contributed by atoms with Crippen LogP contribution in [0, 0.1) is 5.92 Å². The molecule has 2 rings (SSSR count). The van der Waals surface area contributed by atoms with Crippen molar-refractivity contribution in [2.75, 3.05) is 46.9 Å². The highest BCUT2D eigenvalue weighted by atomic mass is 32.2. The van der Waals surface area contributed by atoms with E-state index in [9.17, 15) is 8.42 Å². The number of methoxy groups -OCH3 is 1. The molecule has 0 aromatic carbocycles. The first-order valence-electron chi connectivity index (χ1n) is 8.88. The van der Waals surface area contributed by atoms with E-state index in [1.807, 2.05) is 0 Å². The fourth-order valence-corrected chi connectivity index (χ4v) is 5.26. The van der Waals surface area contributed by atoms with Gasteiger partial charge in [0.15, 0.2) is 0 Å². The van der Waals surface area contributed by atoms with Gasteiger partial charge in [0.25, 0.3) is 10.2 Å². The van der Waals surface area contributed by atoms with Crippen molar-refractivity contribution in [1.82, 2.24) is 13.9 Å². The van der Waals surface area contributed by atoms with Crippen molar-refractivity contribution in [2.45, 2.75) is 51.0 Å². The molecule has 0 spiro atoms. The second kappa shape index (κ2) is 8.25. The van der Waals surface area contributed by atoms with Crippen molar-refractivity contribution in [3.8, 4) is 0 Å². The molecular weight excluding hydrogens is 314 g/mol. The van der Waals surface area contributed by atoms with Crippen molar-refractivity contribution in [3.05, 3.63) is 0 Å². The van der Waals surface area contributed by atoms with Gasteiger partial charge in [0.1, 0.15) is 0 Å². The second-order valence-electron chi connectivity index (χ2n) is 7.07. The van der Waals surface area contributed by atoms with Crippen LogP contribution in [-0.4, -0.2) is 70.1 Å². The number of hydrogen-bond donors (Lipinski definition) is 1. The third-order valence-corrected chi connectivity index (χ3v) is 7.27. The molecule has 1 aliphatic carbocycles. The lowest BCUT2D eigenvalue weighted by Crippen LogP contribution is -2.55. The predicted octanol–water partition coefficient (Wildman–Crippen LogP) is 1.44. The van der Waals surface area contributed by atoms with Crippen LogP contribution in [0.2, 0.25) is 0 Å². The minimum atomic E-state index is -3.37. The molecule has 1 aliphatic heterocycles. The molecular formula is C16H33N3O3S. The van der Waals surface area contributed by atoms with E-state index >= 15 is 0 Å². The van der Waals surface area contributed by atoms with E-state index in [4.69, 9.17) is 4.74 Å². The predicted molar refractivity (Wildman–Crippen MR) is 92.6 cm³/mol. The van der Waals surface area contributed by atoms with Crippen LogP contribution in [0.1, 0.15) is 45.4 Å². The number of likely N-dealkylation sites (N-methyl/N-ethyl adjacent to an activating group) is 1. The first kappa shape index (κ1) is 19.1. The fourth-order valence-electron chi connectivity index (χ4n) is 3.93. The van der Waals surface area contributed by atoms with Crippen LogP contribution in [-0.2, 0) is 14.9 Å². The average Bonchev–Trinajstić information content (AvgIpc) is 3.03. The quantitative estimate of drug-likeness (QED) is 0.722. The summed E-state index contributed by atoms with van der Waals surface area (Å²) in [5.41, 5.74) is -0.00378. The lowest BCUT2D eigenvalue weighted by molar-refractivity contribution is 0.119. The Labute approximate surface area is 141 Å². The van der Waals surface area contributed by atoms with Gasteiger partial charge in [0.05, 0.1) is 0 Å². The van der Waals surface area contributed by atoms with E-state index < -0.39 is 10.2 Å². The van der Waals surface area contributed by atoms with Crippen molar-refractivity contribution < 1.29 is 13.2 Å². The molecule has 23 heavy (non-hydrogen) atoms. The average molecular weight is 348 g/mol. The molecule has 0 atom stereocenters. The fraction of sp³-hybridized carbons (Fsp3) is 1.00. The topological polar surface area (TPSA) is 61.9 Å². The van der Waals surface area contributed by atoms with Crippen LogP contribution in [0.15, 0.2) is 0 Å². The Morgan fingerprint density at radius 2 is 1.87 bits per heavy atom. The summed E-state index contributed by atoms with van der Waals surface area (Å²) >= 11 is 0. The Kier molecular flexibility index (Phi) is 6.86. The van der Waals surface area contributed by atoms with Gasteiger partial charge >= 0.3 is 0 Å². The van der Waals surface area contributed by atoms with Crippen LogP contribution in [0.4, 0.5) is 0 Å². The number of hydrogen-bond acceptors (Lipinski definition) is 4. The van der Waals surface area contributed by atoms with Gasteiger partial charge in [0, 0.05) is 38.9 Å². The maximum absolute atomic E-state index is 12.6. The Bertz CT molecular complexity index is 455. The number of piperidine rings is 1. The summed E-state index contributed by atoms with van der Waals surface area (Å²) in [7, 11) is 0.438. The van der Waals surface area contributed by atoms with Crippen LogP contribution >= 0.6 is 0 Å². The van der Waals surface area contributed by atoms with Gasteiger partial charge in [-0.1, -0.05) is 19.8 Å². The van der Waals surface area contributed by atoms with Crippen LogP contribution in [0.25, 0.3) is 0 Å². The lowest BCUT2D eigenvalue weighted by atomic mass is 9.96. The van der Waals surface area contributed by atoms with Crippen molar-refractivity contribution >= 4 is 10.2 Å². The number of rotatable bonds is 8. The lowest BCUT2D eigenvalue weighted by Gasteiger charge is -2.39. The Balaban J connectivity index is 1.91. The van der Waals surface area contributed by atoms with Gasteiger partial charge in [-0.05, 0) is 45.2 Å². The largest absolute Gasteiger partial charge is 0.384 e. The Morgan fingerprint density at radius 1 is 1.26 bits per heavy atom. The Morgan fingerprint density at radius 3 is 2.39 bits per heavy atom. The summed E-state index contributed by atoms with van der Waals surface area (Å²) in [4.78, 5) is 2.31. The Hall–Kier alpha value is -0.210. The highest BCUT2D eigenvalue weighted by Crippen LogP contribution is 2.34. The first-order valence-corrected chi connectivity index (χ1v) is 10.3. The molecule has 7 heteroatoms. The van der Waals surface area contributed by atoms with Gasteiger partial charge in [-0.15, -0.1) is 0 Å². The van der Waals surface area contributed by atoms with Crippen LogP contribution < -0.4 is 4.72 Å². The molecule has 6 nitrogen and oxygen atoms in total. The molecule has 2 fully saturated rings. The maximum Gasteiger partial charge on any atom is 0.279 e. The molecule has 0 bridgehead atoms. The summed E-state index contributed by atoms with van der Waals surface area (Å²) in [6, 6.07) is 0. The summed E-state index contributed by atoms with van der Waals surface area (Å²) in [5, 5.41) is 0. The van der Waals surface area contributed by atoms with Crippen LogP contribution in [0.3, 0.4) is 0 Å². The summed E-state index contributed by atoms with van der Waals surface area (Å²) in [5.74, 6) is 0.485. The molecule has 0 unspecified atom stereocenters. The molecule has 0 amide bonds. The zero-order chi connectivity index (χ0) is 16.9. The summed E-state index contributed by atoms with van der Waals surface area (Å²) in [6.45, 7) is 5.53. The molecule has 1 saturated heterocycles. The summed E-state index contributed by atoms with van der Waals surface area (Å²) < 4.78 is 34.9. The third-order valence-electron chi connectivity index (χ3n) is 5.72. The zero-order valence-electron chi connectivity index (χ0n) is 14.9. The van der Waals surface area contributed by atoms with E-state index in [-0.39, 0.29) is 5.54 Å². The maximum atomic E-state index is 12.6. The summed E-state index contributed by atoms with van der Waals surface area (Å²) in [6.07, 6.45) is 6.30. The molecule has 0 aromatic rings. The molecule has 0 aromatic heterocycles. The van der Waals surface area contributed by atoms with Crippen molar-refractivity contribution in [1.29, 1.82) is 0 Å². The van der Waals surface area contributed by atoms with Gasteiger partial charge in [-0.25, -0.2) is 4.72 Å². The van der Waals surface area contributed by atoms with Crippen molar-refractivity contribution in [2.24, 2.45) is 5.92 Å². The molecule has 1 heterocycles. The van der Waals surface area contributed by atoms with E-state index in [1.54, 1.807) is 11.4 Å². The van der Waals surface area contributed by atoms with Gasteiger partial charge in [0.2, 0.25) is 0 Å². The minimum absolute atomic E-state index is 0.00378. The number of nitrogens with zero attached hydrogens (tertiary/aromatic N) is 2. The number of nitrogens with one attached hydrogen (secondary N) is 1. The second-order valence-corrected chi connectivity index (χ2v) is 8.82. The highest BCUT2D eigenvalue weighted by Gasteiger charge is 2.39. The minimum Gasteiger partial charge on any atom is -0.384 e. The van der Waals surface area contributed by atoms with E-state index in [1.165, 1.54) is 12.8 Å². The van der Waals surface area contributed by atoms with E-state index in [0.717, 1.165) is 38.8 Å². The third kappa shape index (κ3) is 4.66. The molecule has 2 aliphatic rings. The van der Waals surface area contributed by atoms with Gasteiger partial charge in [-0.2, -0.15) is 12.7 Å². The van der Waals surface area contributed by atoms with Gasteiger partial charge < -0.3 is 4.74 Å². The first-order chi connectivity index (χ1) is 10.9. The van der Waals surface area contributed by atoms with E-state index in [2.05, 4.69) is 23.6 Å². The zero-order valence-corrected chi connectivity index (χ0v) is 15.7. The highest BCUT2D eigenvalue weighted by molar-refractivity contribution is 7.87. The molecule has 1 saturated carbocycles. The molecule has 136 valence electrons. The standard InChI is InChI=1S/C16H33N3O3S/c1-4-18(2)16(9-5-6-10-16)14-17-23(20,21)19-11-7-15(8-12-19)13-22-3/h15,17H,4-14H2,1-3H3.